The summed E-state index contributed by atoms with van der Waals surface area (Å²) in [5, 5.41) is 5.28. The van der Waals surface area contributed by atoms with E-state index in [9.17, 15) is 4.79 Å². The van der Waals surface area contributed by atoms with Crippen molar-refractivity contribution in [2.45, 2.75) is 26.7 Å². The lowest BCUT2D eigenvalue weighted by Gasteiger charge is -2.29. The number of amides is 1. The Kier molecular flexibility index (Phi) is 4.63. The Morgan fingerprint density at radius 2 is 2.11 bits per heavy atom. The molecule has 0 spiro atoms. The second-order valence-corrected chi connectivity index (χ2v) is 7.83. The van der Waals surface area contributed by atoms with Crippen LogP contribution in [-0.2, 0) is 18.3 Å². The fourth-order valence-electron chi connectivity index (χ4n) is 3.68. The third-order valence-electron chi connectivity index (χ3n) is 4.88. The van der Waals surface area contributed by atoms with E-state index in [1.54, 1.807) is 4.68 Å². The molecule has 0 bridgehead atoms. The van der Waals surface area contributed by atoms with Gasteiger partial charge in [-0.2, -0.15) is 0 Å². The molecule has 6 nitrogen and oxygen atoms in total. The number of halogens is 1. The number of aryl methyl sites for hydroxylation is 4. The standard InChI is InChI=1S/C20H21BrN4O2/c1-12-9-13(2)22-19-18(12)20(23-24(19)3)27-11-17(26)25-8-4-5-14-10-15(21)6-7-16(14)25/h6-7,9-10H,4-5,8,11H2,1-3H3. The number of benzene rings is 1. The zero-order chi connectivity index (χ0) is 19.1. The topological polar surface area (TPSA) is 60.2 Å². The van der Waals surface area contributed by atoms with Gasteiger partial charge in [0.25, 0.3) is 5.91 Å². The molecule has 0 radical (unpaired) electrons. The van der Waals surface area contributed by atoms with Crippen molar-refractivity contribution in [2.24, 2.45) is 7.05 Å². The first-order chi connectivity index (χ1) is 12.9. The first-order valence-corrected chi connectivity index (χ1v) is 9.76. The Morgan fingerprint density at radius 1 is 1.30 bits per heavy atom. The van der Waals surface area contributed by atoms with Crippen LogP contribution in [0.4, 0.5) is 5.69 Å². The minimum absolute atomic E-state index is 0.0467. The summed E-state index contributed by atoms with van der Waals surface area (Å²) in [5.41, 5.74) is 4.89. The number of rotatable bonds is 3. The molecule has 0 fully saturated rings. The average Bonchev–Trinajstić information content (AvgIpc) is 2.95. The number of hydrogen-bond donors (Lipinski definition) is 0. The third kappa shape index (κ3) is 3.32. The number of aromatic nitrogens is 3. The average molecular weight is 429 g/mol. The smallest absolute Gasteiger partial charge is 0.264 e. The van der Waals surface area contributed by atoms with Gasteiger partial charge in [-0.15, -0.1) is 5.10 Å². The van der Waals surface area contributed by atoms with Crippen molar-refractivity contribution in [3.05, 3.63) is 45.6 Å². The zero-order valence-corrected chi connectivity index (χ0v) is 17.2. The SMILES string of the molecule is Cc1cc(C)c2c(OCC(=O)N3CCCc4cc(Br)ccc43)nn(C)c2n1. The summed E-state index contributed by atoms with van der Waals surface area (Å²) in [6.07, 6.45) is 1.93. The molecule has 1 amide bonds. The van der Waals surface area contributed by atoms with Crippen LogP contribution in [0, 0.1) is 13.8 Å². The minimum Gasteiger partial charge on any atom is -0.466 e. The Bertz CT molecular complexity index is 1040. The molecule has 4 rings (SSSR count). The number of nitrogens with zero attached hydrogens (tertiary/aromatic N) is 4. The zero-order valence-electron chi connectivity index (χ0n) is 15.6. The van der Waals surface area contributed by atoms with E-state index in [1.165, 1.54) is 5.56 Å². The van der Waals surface area contributed by atoms with Crippen molar-refractivity contribution in [2.75, 3.05) is 18.1 Å². The van der Waals surface area contributed by atoms with Crippen LogP contribution < -0.4 is 9.64 Å². The second kappa shape index (κ2) is 6.96. The number of ether oxygens (including phenoxy) is 1. The normalized spacial score (nSPS) is 13.7. The van der Waals surface area contributed by atoms with Gasteiger partial charge in [0.2, 0.25) is 5.88 Å². The van der Waals surface area contributed by atoms with Gasteiger partial charge in [0.15, 0.2) is 12.3 Å². The first kappa shape index (κ1) is 18.0. The minimum atomic E-state index is -0.0604. The molecule has 7 heteroatoms. The molecular weight excluding hydrogens is 408 g/mol. The predicted molar refractivity (Wildman–Crippen MR) is 108 cm³/mol. The second-order valence-electron chi connectivity index (χ2n) is 6.92. The summed E-state index contributed by atoms with van der Waals surface area (Å²) in [6, 6.07) is 8.04. The highest BCUT2D eigenvalue weighted by Gasteiger charge is 2.24. The molecule has 2 aromatic heterocycles. The maximum absolute atomic E-state index is 12.8. The van der Waals surface area contributed by atoms with Gasteiger partial charge in [-0.25, -0.2) is 9.67 Å². The summed E-state index contributed by atoms with van der Waals surface area (Å²) in [7, 11) is 1.83. The maximum Gasteiger partial charge on any atom is 0.264 e. The lowest BCUT2D eigenvalue weighted by Crippen LogP contribution is -2.38. The van der Waals surface area contributed by atoms with E-state index in [2.05, 4.69) is 32.1 Å². The molecule has 1 aliphatic rings. The lowest BCUT2D eigenvalue weighted by atomic mass is 10.0. The van der Waals surface area contributed by atoms with Crippen molar-refractivity contribution in [3.8, 4) is 5.88 Å². The number of carbonyl (C=O) groups is 1. The largest absolute Gasteiger partial charge is 0.466 e. The monoisotopic (exact) mass is 428 g/mol. The van der Waals surface area contributed by atoms with Crippen LogP contribution in [0.1, 0.15) is 23.2 Å². The van der Waals surface area contributed by atoms with E-state index in [0.717, 1.165) is 45.3 Å². The van der Waals surface area contributed by atoms with E-state index in [-0.39, 0.29) is 12.5 Å². The molecule has 3 aromatic rings. The van der Waals surface area contributed by atoms with Crippen molar-refractivity contribution in [1.29, 1.82) is 0 Å². The Labute approximate surface area is 166 Å². The van der Waals surface area contributed by atoms with Gasteiger partial charge in [0, 0.05) is 29.4 Å². The summed E-state index contributed by atoms with van der Waals surface area (Å²) in [5.74, 6) is 0.397. The number of anilines is 1. The van der Waals surface area contributed by atoms with Crippen LogP contribution in [-0.4, -0.2) is 33.8 Å². The summed E-state index contributed by atoms with van der Waals surface area (Å²) in [6.45, 7) is 4.62. The first-order valence-electron chi connectivity index (χ1n) is 8.96. The van der Waals surface area contributed by atoms with Crippen molar-refractivity contribution >= 4 is 38.6 Å². The molecule has 140 valence electrons. The molecule has 3 heterocycles. The van der Waals surface area contributed by atoms with Gasteiger partial charge in [-0.05, 0) is 62.1 Å². The van der Waals surface area contributed by atoms with E-state index < -0.39 is 0 Å². The Hall–Kier alpha value is -2.41. The van der Waals surface area contributed by atoms with Crippen LogP contribution >= 0.6 is 15.9 Å². The quantitative estimate of drug-likeness (QED) is 0.637. The predicted octanol–water partition coefficient (Wildman–Crippen LogP) is 3.71. The van der Waals surface area contributed by atoms with Crippen LogP contribution in [0.3, 0.4) is 0 Å². The maximum atomic E-state index is 12.8. The highest BCUT2D eigenvalue weighted by Crippen LogP contribution is 2.31. The van der Waals surface area contributed by atoms with Gasteiger partial charge < -0.3 is 9.64 Å². The van der Waals surface area contributed by atoms with E-state index in [4.69, 9.17) is 4.74 Å². The lowest BCUT2D eigenvalue weighted by molar-refractivity contribution is -0.120. The molecule has 0 aliphatic carbocycles. The fraction of sp³-hybridized carbons (Fsp3) is 0.350. The van der Waals surface area contributed by atoms with E-state index >= 15 is 0 Å². The van der Waals surface area contributed by atoms with Gasteiger partial charge in [-0.3, -0.25) is 4.79 Å². The highest BCUT2D eigenvalue weighted by atomic mass is 79.9. The number of hydrogen-bond acceptors (Lipinski definition) is 4. The molecular formula is C20H21BrN4O2. The van der Waals surface area contributed by atoms with Gasteiger partial charge in [-0.1, -0.05) is 15.9 Å². The number of pyridine rings is 1. The molecule has 0 atom stereocenters. The molecule has 1 aliphatic heterocycles. The fourth-order valence-corrected chi connectivity index (χ4v) is 4.09. The Balaban J connectivity index is 1.57. The molecule has 0 saturated heterocycles. The number of carbonyl (C=O) groups excluding carboxylic acids is 1. The molecule has 27 heavy (non-hydrogen) atoms. The van der Waals surface area contributed by atoms with Gasteiger partial charge in [0.05, 0.1) is 5.39 Å². The Morgan fingerprint density at radius 3 is 2.93 bits per heavy atom. The van der Waals surface area contributed by atoms with Crippen LogP contribution in [0.15, 0.2) is 28.7 Å². The number of fused-ring (bicyclic) bond motifs is 2. The van der Waals surface area contributed by atoms with Crippen molar-refractivity contribution in [1.82, 2.24) is 14.8 Å². The molecule has 0 unspecified atom stereocenters. The molecule has 1 aromatic carbocycles. The molecule has 0 N–H and O–H groups in total. The summed E-state index contributed by atoms with van der Waals surface area (Å²) < 4.78 is 8.57. The van der Waals surface area contributed by atoms with Crippen LogP contribution in [0.2, 0.25) is 0 Å². The van der Waals surface area contributed by atoms with Crippen molar-refractivity contribution in [3.63, 3.8) is 0 Å². The van der Waals surface area contributed by atoms with Gasteiger partial charge in [0.1, 0.15) is 0 Å². The highest BCUT2D eigenvalue weighted by molar-refractivity contribution is 9.10. The van der Waals surface area contributed by atoms with E-state index in [0.29, 0.717) is 12.4 Å². The van der Waals surface area contributed by atoms with E-state index in [1.807, 2.05) is 44.0 Å². The van der Waals surface area contributed by atoms with Crippen LogP contribution in [0.5, 0.6) is 5.88 Å². The molecule has 0 saturated carbocycles. The van der Waals surface area contributed by atoms with Gasteiger partial charge >= 0.3 is 0 Å². The third-order valence-corrected chi connectivity index (χ3v) is 5.37. The summed E-state index contributed by atoms with van der Waals surface area (Å²) in [4.78, 5) is 19.2. The van der Waals surface area contributed by atoms with Crippen molar-refractivity contribution < 1.29 is 9.53 Å². The van der Waals surface area contributed by atoms with Crippen LogP contribution in [0.25, 0.3) is 11.0 Å². The summed E-state index contributed by atoms with van der Waals surface area (Å²) >= 11 is 3.50.